The number of nitro benzene ring substituents is 1. The Hall–Kier alpha value is -2.26. The SMILES string of the molecule is CSC1=NC2NCCC(c3ccc([N+](=O)[O-])cc3)=NC2C(=O)N1. The summed E-state index contributed by atoms with van der Waals surface area (Å²) in [5.74, 6) is -0.192. The van der Waals surface area contributed by atoms with E-state index in [1.165, 1.54) is 23.9 Å². The van der Waals surface area contributed by atoms with Crippen molar-refractivity contribution >= 4 is 34.2 Å². The molecule has 0 fully saturated rings. The van der Waals surface area contributed by atoms with E-state index in [1.54, 1.807) is 12.1 Å². The Balaban J connectivity index is 1.90. The second-order valence-electron chi connectivity index (χ2n) is 5.10. The second-order valence-corrected chi connectivity index (χ2v) is 5.90. The van der Waals surface area contributed by atoms with Gasteiger partial charge >= 0.3 is 0 Å². The monoisotopic (exact) mass is 333 g/mol. The maximum atomic E-state index is 12.2. The first-order valence-corrected chi connectivity index (χ1v) is 8.28. The molecule has 2 heterocycles. The minimum Gasteiger partial charge on any atom is -0.303 e. The highest BCUT2D eigenvalue weighted by Crippen LogP contribution is 2.19. The van der Waals surface area contributed by atoms with E-state index < -0.39 is 11.0 Å². The summed E-state index contributed by atoms with van der Waals surface area (Å²) >= 11 is 1.38. The Bertz CT molecular complexity index is 701. The summed E-state index contributed by atoms with van der Waals surface area (Å²) in [7, 11) is 0. The van der Waals surface area contributed by atoms with Gasteiger partial charge < -0.3 is 5.32 Å². The van der Waals surface area contributed by atoms with Gasteiger partial charge in [0.15, 0.2) is 11.2 Å². The highest BCUT2D eigenvalue weighted by atomic mass is 32.2. The molecule has 0 aromatic heterocycles. The van der Waals surface area contributed by atoms with Crippen LogP contribution in [0.5, 0.6) is 0 Å². The normalized spacial score (nSPS) is 24.0. The highest BCUT2D eigenvalue weighted by molar-refractivity contribution is 8.13. The lowest BCUT2D eigenvalue weighted by molar-refractivity contribution is -0.384. The van der Waals surface area contributed by atoms with Crippen molar-refractivity contribution in [1.82, 2.24) is 10.6 Å². The molecule has 0 saturated heterocycles. The molecular formula is C14H15N5O3S. The summed E-state index contributed by atoms with van der Waals surface area (Å²) in [6.07, 6.45) is 2.10. The molecule has 2 unspecified atom stereocenters. The van der Waals surface area contributed by atoms with Crippen LogP contribution in [0.4, 0.5) is 5.69 Å². The number of hydrogen-bond acceptors (Lipinski definition) is 7. The molecule has 0 saturated carbocycles. The number of rotatable bonds is 2. The van der Waals surface area contributed by atoms with Gasteiger partial charge in [-0.15, -0.1) is 0 Å². The Kier molecular flexibility index (Phi) is 4.39. The first kappa shape index (κ1) is 15.6. The standard InChI is InChI=1S/C14H15N5O3S/c1-23-14-17-12-11(13(20)18-14)16-10(6-7-15-12)8-2-4-9(5-3-8)19(21)22/h2-5,11-12,15H,6-7H2,1H3,(H,17,18,20). The number of nitrogens with zero attached hydrogens (tertiary/aromatic N) is 3. The van der Waals surface area contributed by atoms with Crippen LogP contribution in [0.2, 0.25) is 0 Å². The van der Waals surface area contributed by atoms with Crippen molar-refractivity contribution < 1.29 is 9.72 Å². The maximum absolute atomic E-state index is 12.2. The number of nitrogens with one attached hydrogen (secondary N) is 2. The Morgan fingerprint density at radius 3 is 2.70 bits per heavy atom. The Morgan fingerprint density at radius 1 is 1.30 bits per heavy atom. The number of carbonyl (C=O) groups excluding carboxylic acids is 1. The number of non-ortho nitro benzene ring substituents is 1. The summed E-state index contributed by atoms with van der Waals surface area (Å²) in [4.78, 5) is 31.5. The van der Waals surface area contributed by atoms with Crippen LogP contribution in [-0.2, 0) is 4.79 Å². The van der Waals surface area contributed by atoms with Crippen LogP contribution in [0.15, 0.2) is 34.3 Å². The van der Waals surface area contributed by atoms with Gasteiger partial charge in [0.2, 0.25) is 0 Å². The molecule has 9 heteroatoms. The summed E-state index contributed by atoms with van der Waals surface area (Å²) < 4.78 is 0. The third kappa shape index (κ3) is 3.25. The first-order valence-electron chi connectivity index (χ1n) is 7.06. The summed E-state index contributed by atoms with van der Waals surface area (Å²) in [5, 5.41) is 17.3. The van der Waals surface area contributed by atoms with Gasteiger partial charge in [0.25, 0.3) is 11.6 Å². The van der Waals surface area contributed by atoms with E-state index >= 15 is 0 Å². The minimum atomic E-state index is -0.626. The molecular weight excluding hydrogens is 318 g/mol. The lowest BCUT2D eigenvalue weighted by Crippen LogP contribution is -2.52. The molecule has 3 rings (SSSR count). The zero-order chi connectivity index (χ0) is 16.4. The number of hydrogen-bond donors (Lipinski definition) is 2. The Morgan fingerprint density at radius 2 is 2.04 bits per heavy atom. The van der Waals surface area contributed by atoms with E-state index in [1.807, 2.05) is 6.26 Å². The third-order valence-corrected chi connectivity index (χ3v) is 4.26. The molecule has 0 radical (unpaired) electrons. The molecule has 2 aliphatic rings. The van der Waals surface area contributed by atoms with E-state index in [-0.39, 0.29) is 17.8 Å². The lowest BCUT2D eigenvalue weighted by atomic mass is 10.1. The van der Waals surface area contributed by atoms with Gasteiger partial charge in [-0.1, -0.05) is 11.8 Å². The smallest absolute Gasteiger partial charge is 0.269 e. The van der Waals surface area contributed by atoms with Gasteiger partial charge in [-0.2, -0.15) is 0 Å². The predicted molar refractivity (Wildman–Crippen MR) is 88.9 cm³/mol. The van der Waals surface area contributed by atoms with Crippen molar-refractivity contribution in [3.05, 3.63) is 39.9 Å². The highest BCUT2D eigenvalue weighted by Gasteiger charge is 2.34. The number of amides is 1. The maximum Gasteiger partial charge on any atom is 0.269 e. The summed E-state index contributed by atoms with van der Waals surface area (Å²) in [5.41, 5.74) is 1.56. The van der Waals surface area contributed by atoms with Crippen LogP contribution in [0, 0.1) is 10.1 Å². The van der Waals surface area contributed by atoms with Crippen LogP contribution in [-0.4, -0.2) is 46.7 Å². The summed E-state index contributed by atoms with van der Waals surface area (Å²) in [6.45, 7) is 0.634. The number of thioether (sulfide) groups is 1. The average Bonchev–Trinajstić information content (AvgIpc) is 2.77. The number of fused-ring (bicyclic) bond motifs is 1. The van der Waals surface area contributed by atoms with Gasteiger partial charge in [-0.3, -0.25) is 25.2 Å². The molecule has 1 aromatic rings. The van der Waals surface area contributed by atoms with Gasteiger partial charge in [0.05, 0.1) is 4.92 Å². The fraction of sp³-hybridized carbons (Fsp3) is 0.357. The first-order chi connectivity index (χ1) is 11.1. The largest absolute Gasteiger partial charge is 0.303 e. The molecule has 0 aliphatic carbocycles. The van der Waals surface area contributed by atoms with Crippen molar-refractivity contribution in [2.24, 2.45) is 9.98 Å². The molecule has 0 bridgehead atoms. The molecule has 0 spiro atoms. The van der Waals surface area contributed by atoms with E-state index in [0.717, 1.165) is 11.3 Å². The topological polar surface area (TPSA) is 109 Å². The van der Waals surface area contributed by atoms with E-state index in [9.17, 15) is 14.9 Å². The lowest BCUT2D eigenvalue weighted by Gasteiger charge is -2.25. The fourth-order valence-corrected chi connectivity index (χ4v) is 2.93. The van der Waals surface area contributed by atoms with Crippen molar-refractivity contribution in [2.75, 3.05) is 12.8 Å². The molecule has 23 heavy (non-hydrogen) atoms. The van der Waals surface area contributed by atoms with Gasteiger partial charge in [0, 0.05) is 30.8 Å². The minimum absolute atomic E-state index is 0.0311. The van der Waals surface area contributed by atoms with Gasteiger partial charge in [0.1, 0.15) is 6.17 Å². The molecule has 1 aromatic carbocycles. The Labute approximate surface area is 136 Å². The van der Waals surface area contributed by atoms with Gasteiger partial charge in [-0.25, -0.2) is 4.99 Å². The average molecular weight is 333 g/mol. The molecule has 8 nitrogen and oxygen atoms in total. The van der Waals surface area contributed by atoms with Crippen LogP contribution < -0.4 is 10.6 Å². The van der Waals surface area contributed by atoms with Crippen molar-refractivity contribution in [2.45, 2.75) is 18.6 Å². The van der Waals surface area contributed by atoms with E-state index in [4.69, 9.17) is 0 Å². The molecule has 120 valence electrons. The van der Waals surface area contributed by atoms with Crippen LogP contribution in [0.25, 0.3) is 0 Å². The molecule has 1 amide bonds. The van der Waals surface area contributed by atoms with Crippen molar-refractivity contribution in [3.8, 4) is 0 Å². The number of nitro groups is 1. The number of benzene rings is 1. The van der Waals surface area contributed by atoms with Crippen molar-refractivity contribution in [1.29, 1.82) is 0 Å². The quantitative estimate of drug-likeness (QED) is 0.618. The predicted octanol–water partition coefficient (Wildman–Crippen LogP) is 0.921. The molecule has 2 N–H and O–H groups in total. The number of amidine groups is 1. The molecule has 2 atom stereocenters. The zero-order valence-corrected chi connectivity index (χ0v) is 13.2. The van der Waals surface area contributed by atoms with Crippen LogP contribution >= 0.6 is 11.8 Å². The zero-order valence-electron chi connectivity index (χ0n) is 12.4. The third-order valence-electron chi connectivity index (χ3n) is 3.67. The van der Waals surface area contributed by atoms with Crippen LogP contribution in [0.1, 0.15) is 12.0 Å². The second kappa shape index (κ2) is 6.47. The fourth-order valence-electron chi connectivity index (χ4n) is 2.51. The van der Waals surface area contributed by atoms with E-state index in [2.05, 4.69) is 20.6 Å². The molecule has 2 aliphatic heterocycles. The number of aliphatic imine (C=N–C) groups is 2. The van der Waals surface area contributed by atoms with Crippen molar-refractivity contribution in [3.63, 3.8) is 0 Å². The number of carbonyl (C=O) groups is 1. The van der Waals surface area contributed by atoms with E-state index in [0.29, 0.717) is 18.1 Å². The van der Waals surface area contributed by atoms with Crippen LogP contribution in [0.3, 0.4) is 0 Å². The van der Waals surface area contributed by atoms with Gasteiger partial charge in [-0.05, 0) is 24.0 Å². The summed E-state index contributed by atoms with van der Waals surface area (Å²) in [6, 6.07) is 5.58.